The van der Waals surface area contributed by atoms with Gasteiger partial charge in [0.2, 0.25) is 0 Å². The molecule has 0 aliphatic heterocycles. The Morgan fingerprint density at radius 2 is 2.29 bits per heavy atom. The molecule has 0 spiro atoms. The van der Waals surface area contributed by atoms with Crippen LogP contribution < -0.4 is 10.9 Å². The minimum atomic E-state index is -0.402. The van der Waals surface area contributed by atoms with Gasteiger partial charge in [0, 0.05) is 11.9 Å². The van der Waals surface area contributed by atoms with E-state index in [0.717, 1.165) is 11.4 Å². The summed E-state index contributed by atoms with van der Waals surface area (Å²) < 4.78 is 0. The number of hydrogen-bond donors (Lipinski definition) is 3. The summed E-state index contributed by atoms with van der Waals surface area (Å²) in [6.07, 6.45) is 3.14. The molecule has 3 N–H and O–H groups in total. The fourth-order valence-corrected chi connectivity index (χ4v) is 1.40. The van der Waals surface area contributed by atoms with Gasteiger partial charge in [0.1, 0.15) is 5.56 Å². The van der Waals surface area contributed by atoms with Crippen molar-refractivity contribution < 1.29 is 4.79 Å². The minimum absolute atomic E-state index is 0.107. The number of carbonyl (C=O) groups is 1. The predicted molar refractivity (Wildman–Crippen MR) is 61.6 cm³/mol. The molecule has 0 fully saturated rings. The van der Waals surface area contributed by atoms with Gasteiger partial charge in [-0.05, 0) is 19.1 Å². The lowest BCUT2D eigenvalue weighted by molar-refractivity contribution is 0.0949. The van der Waals surface area contributed by atoms with Gasteiger partial charge in [-0.3, -0.25) is 9.59 Å². The van der Waals surface area contributed by atoms with Crippen LogP contribution in [0.4, 0.5) is 0 Å². The quantitative estimate of drug-likeness (QED) is 0.712. The summed E-state index contributed by atoms with van der Waals surface area (Å²) in [7, 11) is 0. The lowest BCUT2D eigenvalue weighted by Gasteiger charge is -2.03. The number of aromatic amines is 2. The molecule has 2 aromatic rings. The number of pyridine rings is 1. The Morgan fingerprint density at radius 3 is 2.94 bits per heavy atom. The summed E-state index contributed by atoms with van der Waals surface area (Å²) in [4.78, 5) is 32.5. The topological polar surface area (TPSA) is 90.6 Å². The highest BCUT2D eigenvalue weighted by Crippen LogP contribution is 1.95. The van der Waals surface area contributed by atoms with Crippen LogP contribution in [0, 0.1) is 6.92 Å². The number of aryl methyl sites for hydroxylation is 1. The zero-order chi connectivity index (χ0) is 12.3. The number of H-pyrrole nitrogens is 2. The third kappa shape index (κ3) is 2.60. The summed E-state index contributed by atoms with van der Waals surface area (Å²) in [5.41, 5.74) is 1.23. The van der Waals surface area contributed by atoms with Gasteiger partial charge in [-0.15, -0.1) is 0 Å². The Labute approximate surface area is 97.1 Å². The fourth-order valence-electron chi connectivity index (χ4n) is 1.40. The van der Waals surface area contributed by atoms with Crippen molar-refractivity contribution >= 4 is 5.91 Å². The third-order valence-corrected chi connectivity index (χ3v) is 2.29. The van der Waals surface area contributed by atoms with Crippen molar-refractivity contribution in [1.82, 2.24) is 20.3 Å². The van der Waals surface area contributed by atoms with E-state index in [-0.39, 0.29) is 11.1 Å². The molecule has 0 radical (unpaired) electrons. The van der Waals surface area contributed by atoms with Gasteiger partial charge < -0.3 is 15.3 Å². The minimum Gasteiger partial charge on any atom is -0.347 e. The van der Waals surface area contributed by atoms with Crippen molar-refractivity contribution in [2.45, 2.75) is 13.5 Å². The molecule has 6 heteroatoms. The van der Waals surface area contributed by atoms with Crippen molar-refractivity contribution in [2.75, 3.05) is 0 Å². The smallest absolute Gasteiger partial charge is 0.260 e. The monoisotopic (exact) mass is 232 g/mol. The Bertz CT molecular complexity index is 571. The second kappa shape index (κ2) is 4.65. The molecule has 17 heavy (non-hydrogen) atoms. The van der Waals surface area contributed by atoms with E-state index in [1.165, 1.54) is 12.4 Å². The van der Waals surface area contributed by atoms with E-state index in [0.29, 0.717) is 6.54 Å². The van der Waals surface area contributed by atoms with E-state index in [1.54, 1.807) is 19.2 Å². The van der Waals surface area contributed by atoms with Crippen molar-refractivity contribution in [1.29, 1.82) is 0 Å². The van der Waals surface area contributed by atoms with Crippen LogP contribution in [0.25, 0.3) is 0 Å². The molecule has 6 nitrogen and oxygen atoms in total. The molecule has 88 valence electrons. The van der Waals surface area contributed by atoms with Gasteiger partial charge in [-0.1, -0.05) is 0 Å². The van der Waals surface area contributed by atoms with Crippen LogP contribution in [0.2, 0.25) is 0 Å². The first-order chi connectivity index (χ1) is 8.16. The largest absolute Gasteiger partial charge is 0.347 e. The summed E-state index contributed by atoms with van der Waals surface area (Å²) in [6.45, 7) is 2.07. The Balaban J connectivity index is 2.07. The third-order valence-electron chi connectivity index (χ3n) is 2.29. The molecular weight excluding hydrogens is 220 g/mol. The molecule has 0 atom stereocenters. The van der Waals surface area contributed by atoms with Crippen molar-refractivity contribution in [2.24, 2.45) is 0 Å². The number of carbonyl (C=O) groups excluding carboxylic acids is 1. The zero-order valence-electron chi connectivity index (χ0n) is 9.28. The number of nitrogens with zero attached hydrogens (tertiary/aromatic N) is 1. The average Bonchev–Trinajstić information content (AvgIpc) is 2.78. The van der Waals surface area contributed by atoms with E-state index in [4.69, 9.17) is 0 Å². The maximum atomic E-state index is 11.7. The first-order valence-electron chi connectivity index (χ1n) is 5.12. The van der Waals surface area contributed by atoms with E-state index in [1.807, 2.05) is 0 Å². The number of hydrogen-bond acceptors (Lipinski definition) is 3. The molecule has 2 heterocycles. The fraction of sp³-hybridized carbons (Fsp3) is 0.182. The van der Waals surface area contributed by atoms with Gasteiger partial charge in [0.05, 0.1) is 18.6 Å². The van der Waals surface area contributed by atoms with Gasteiger partial charge in [0.15, 0.2) is 0 Å². The van der Waals surface area contributed by atoms with E-state index in [9.17, 15) is 9.59 Å². The molecule has 0 saturated heterocycles. The van der Waals surface area contributed by atoms with Crippen LogP contribution in [-0.2, 0) is 6.54 Å². The van der Waals surface area contributed by atoms with E-state index >= 15 is 0 Å². The van der Waals surface area contributed by atoms with Crippen LogP contribution in [0.1, 0.15) is 21.7 Å². The Morgan fingerprint density at radius 1 is 1.47 bits per heavy atom. The maximum Gasteiger partial charge on any atom is 0.260 e. The highest BCUT2D eigenvalue weighted by molar-refractivity contribution is 5.93. The highest BCUT2D eigenvalue weighted by atomic mass is 16.2. The molecule has 2 aromatic heterocycles. The molecule has 0 saturated carbocycles. The lowest BCUT2D eigenvalue weighted by atomic mass is 10.2. The second-order valence-corrected chi connectivity index (χ2v) is 3.64. The van der Waals surface area contributed by atoms with Crippen LogP contribution in [0.15, 0.2) is 29.5 Å². The summed E-state index contributed by atoms with van der Waals surface area (Å²) in [5, 5.41) is 2.63. The Kier molecular flexibility index (Phi) is 3.04. The zero-order valence-corrected chi connectivity index (χ0v) is 9.28. The molecule has 0 aliphatic rings. The lowest BCUT2D eigenvalue weighted by Crippen LogP contribution is -2.29. The predicted octanol–water partition coefficient (Wildman–Crippen LogP) is 0.336. The van der Waals surface area contributed by atoms with Crippen molar-refractivity contribution in [3.63, 3.8) is 0 Å². The van der Waals surface area contributed by atoms with Crippen LogP contribution in [0.5, 0.6) is 0 Å². The number of aromatic nitrogens is 3. The molecule has 0 bridgehead atoms. The summed E-state index contributed by atoms with van der Waals surface area (Å²) >= 11 is 0. The second-order valence-electron chi connectivity index (χ2n) is 3.64. The van der Waals surface area contributed by atoms with Gasteiger partial charge >= 0.3 is 0 Å². The first-order valence-corrected chi connectivity index (χ1v) is 5.12. The maximum absolute atomic E-state index is 11.7. The van der Waals surface area contributed by atoms with Crippen LogP contribution in [-0.4, -0.2) is 20.9 Å². The highest BCUT2D eigenvalue weighted by Gasteiger charge is 2.09. The standard InChI is InChI=1S/C11H12N4O2/c1-7-2-3-9(11(17)15-7)10(16)13-5-8-4-12-6-14-8/h2-4,6H,5H2,1H3,(H,12,14)(H,13,16)(H,15,17). The molecule has 0 aromatic carbocycles. The van der Waals surface area contributed by atoms with E-state index in [2.05, 4.69) is 20.3 Å². The first kappa shape index (κ1) is 11.1. The normalized spacial score (nSPS) is 10.2. The molecule has 2 rings (SSSR count). The molecule has 0 aliphatic carbocycles. The number of amides is 1. The molecule has 0 unspecified atom stereocenters. The number of nitrogens with one attached hydrogen (secondary N) is 3. The van der Waals surface area contributed by atoms with Crippen molar-refractivity contribution in [3.05, 3.63) is 52.0 Å². The van der Waals surface area contributed by atoms with Gasteiger partial charge in [-0.25, -0.2) is 4.98 Å². The summed E-state index contributed by atoms with van der Waals surface area (Å²) in [5.74, 6) is -0.402. The Hall–Kier alpha value is -2.37. The van der Waals surface area contributed by atoms with Gasteiger partial charge in [0.25, 0.3) is 11.5 Å². The SMILES string of the molecule is Cc1ccc(C(=O)NCc2cnc[nH]2)c(=O)[nH]1. The van der Waals surface area contributed by atoms with E-state index < -0.39 is 5.91 Å². The van der Waals surface area contributed by atoms with Gasteiger partial charge in [-0.2, -0.15) is 0 Å². The molecular formula is C11H12N4O2. The number of rotatable bonds is 3. The average molecular weight is 232 g/mol. The van der Waals surface area contributed by atoms with Crippen molar-refractivity contribution in [3.8, 4) is 0 Å². The summed E-state index contributed by atoms with van der Waals surface area (Å²) in [6, 6.07) is 3.20. The number of imidazole rings is 1. The van der Waals surface area contributed by atoms with Crippen LogP contribution >= 0.6 is 0 Å². The van der Waals surface area contributed by atoms with Crippen LogP contribution in [0.3, 0.4) is 0 Å². The molecule has 1 amide bonds.